The highest BCUT2D eigenvalue weighted by molar-refractivity contribution is 6.99. The van der Waals surface area contributed by atoms with E-state index in [9.17, 15) is 9.59 Å². The maximum Gasteiger partial charge on any atom is 0.333 e. The second kappa shape index (κ2) is 15.0. The maximum absolute atomic E-state index is 12.4. The van der Waals surface area contributed by atoms with Gasteiger partial charge in [-0.15, -0.1) is 0 Å². The first-order valence-corrected chi connectivity index (χ1v) is 20.0. The molecular weight excluding hydrogens is 573 g/mol. The molecule has 3 atom stereocenters. The van der Waals surface area contributed by atoms with E-state index in [0.717, 1.165) is 0 Å². The summed E-state index contributed by atoms with van der Waals surface area (Å²) in [4.78, 5) is 24.4. The van der Waals surface area contributed by atoms with Crippen molar-refractivity contribution in [2.24, 2.45) is 5.92 Å². The molecule has 43 heavy (non-hydrogen) atoms. The molecule has 0 aliphatic rings. The number of methoxy groups -OCH3 is 1. The van der Waals surface area contributed by atoms with E-state index in [1.54, 1.807) is 6.92 Å². The van der Waals surface area contributed by atoms with Gasteiger partial charge in [-0.2, -0.15) is 0 Å². The standard InChI is InChI=1S/C35H54O6Si2/c1-26(33(37)38-10)23-24-31(27(2)32(25-39-28(3)36)40-42(11,12)34(4,5)6)41-43(35(7,8)9,29-19-15-13-16-20-29)30-21-17-14-18-22-30/h13-23,27,31-32H,24-25H2,1-12H3/b26-23-/t27-,31+,32-/m0/s1. The van der Waals surface area contributed by atoms with Crippen molar-refractivity contribution in [1.29, 1.82) is 0 Å². The predicted molar refractivity (Wildman–Crippen MR) is 181 cm³/mol. The molecule has 6 nitrogen and oxygen atoms in total. The zero-order chi connectivity index (χ0) is 32.6. The summed E-state index contributed by atoms with van der Waals surface area (Å²) in [7, 11) is -3.84. The first kappa shape index (κ1) is 36.7. The van der Waals surface area contributed by atoms with Gasteiger partial charge in [0.1, 0.15) is 6.61 Å². The SMILES string of the molecule is COC(=O)/C(C)=C\C[C@@H](O[Si](c1ccccc1)(c1ccccc1)C(C)(C)C)[C@H](C)[C@H](COC(C)=O)O[Si](C)(C)C(C)(C)C. The van der Waals surface area contributed by atoms with Crippen molar-refractivity contribution in [2.45, 2.75) is 104 Å². The Labute approximate surface area is 262 Å². The number of carbonyl (C=O) groups is 2. The van der Waals surface area contributed by atoms with Crippen LogP contribution in [0.1, 0.15) is 68.7 Å². The van der Waals surface area contributed by atoms with Crippen LogP contribution in [0.4, 0.5) is 0 Å². The minimum Gasteiger partial charge on any atom is -0.466 e. The first-order valence-electron chi connectivity index (χ1n) is 15.2. The molecule has 0 unspecified atom stereocenters. The molecule has 0 amide bonds. The van der Waals surface area contributed by atoms with Crippen LogP contribution >= 0.6 is 0 Å². The Morgan fingerprint density at radius 3 is 1.67 bits per heavy atom. The van der Waals surface area contributed by atoms with Crippen LogP contribution in [0.2, 0.25) is 23.2 Å². The number of hydrogen-bond donors (Lipinski definition) is 0. The van der Waals surface area contributed by atoms with Crippen molar-refractivity contribution in [1.82, 2.24) is 0 Å². The van der Waals surface area contributed by atoms with E-state index in [1.807, 2.05) is 18.2 Å². The quantitative estimate of drug-likeness (QED) is 0.135. The molecule has 238 valence electrons. The van der Waals surface area contributed by atoms with E-state index in [4.69, 9.17) is 18.3 Å². The Hall–Kier alpha value is -2.53. The fraction of sp³-hybridized carbons (Fsp3) is 0.543. The molecule has 0 N–H and O–H groups in total. The van der Waals surface area contributed by atoms with Crippen LogP contribution in [0.15, 0.2) is 72.3 Å². The fourth-order valence-corrected chi connectivity index (χ4v) is 11.3. The van der Waals surface area contributed by atoms with Gasteiger partial charge in [0, 0.05) is 18.4 Å². The topological polar surface area (TPSA) is 71.1 Å². The summed E-state index contributed by atoms with van der Waals surface area (Å²) in [5.74, 6) is -0.899. The number of esters is 2. The van der Waals surface area contributed by atoms with Crippen molar-refractivity contribution in [3.63, 3.8) is 0 Å². The fourth-order valence-electron chi connectivity index (χ4n) is 5.11. The van der Waals surface area contributed by atoms with Crippen LogP contribution in [-0.2, 0) is 27.9 Å². The molecule has 0 saturated heterocycles. The van der Waals surface area contributed by atoms with E-state index in [1.165, 1.54) is 24.4 Å². The smallest absolute Gasteiger partial charge is 0.333 e. The molecule has 0 fully saturated rings. The van der Waals surface area contributed by atoms with Crippen molar-refractivity contribution in [3.8, 4) is 0 Å². The normalized spacial score (nSPS) is 15.4. The van der Waals surface area contributed by atoms with Crippen LogP contribution < -0.4 is 10.4 Å². The van der Waals surface area contributed by atoms with Gasteiger partial charge < -0.3 is 18.3 Å². The van der Waals surface area contributed by atoms with Gasteiger partial charge in [-0.25, -0.2) is 4.79 Å². The summed E-state index contributed by atoms with van der Waals surface area (Å²) in [6.07, 6.45) is 1.60. The zero-order valence-electron chi connectivity index (χ0n) is 28.4. The van der Waals surface area contributed by atoms with Crippen LogP contribution in [0.5, 0.6) is 0 Å². The summed E-state index contributed by atoms with van der Waals surface area (Å²) in [6, 6.07) is 21.0. The molecule has 0 aliphatic heterocycles. The average molecular weight is 627 g/mol. The molecule has 0 aliphatic carbocycles. The minimum absolute atomic E-state index is 0.0447. The van der Waals surface area contributed by atoms with Gasteiger partial charge in [-0.3, -0.25) is 4.79 Å². The lowest BCUT2D eigenvalue weighted by Crippen LogP contribution is -2.68. The summed E-state index contributed by atoms with van der Waals surface area (Å²) >= 11 is 0. The van der Waals surface area contributed by atoms with Gasteiger partial charge in [-0.05, 0) is 46.9 Å². The molecule has 2 rings (SSSR count). The monoisotopic (exact) mass is 626 g/mol. The largest absolute Gasteiger partial charge is 0.466 e. The number of ether oxygens (including phenoxy) is 2. The van der Waals surface area contributed by atoms with E-state index in [2.05, 4.69) is 110 Å². The Kier molecular flexibility index (Phi) is 12.8. The third-order valence-electron chi connectivity index (χ3n) is 8.78. The van der Waals surface area contributed by atoms with Gasteiger partial charge in [0.15, 0.2) is 8.32 Å². The number of benzene rings is 2. The number of rotatable bonds is 13. The van der Waals surface area contributed by atoms with Crippen molar-refractivity contribution in [2.75, 3.05) is 13.7 Å². The van der Waals surface area contributed by atoms with Gasteiger partial charge in [-0.1, -0.05) is 115 Å². The van der Waals surface area contributed by atoms with Crippen LogP contribution in [0.3, 0.4) is 0 Å². The molecule has 2 aromatic carbocycles. The Balaban J connectivity index is 2.79. The zero-order valence-corrected chi connectivity index (χ0v) is 30.4. The lowest BCUT2D eigenvalue weighted by Gasteiger charge is -2.48. The van der Waals surface area contributed by atoms with Crippen molar-refractivity contribution >= 4 is 38.9 Å². The van der Waals surface area contributed by atoms with Crippen molar-refractivity contribution < 1.29 is 27.9 Å². The molecule has 0 bridgehead atoms. The van der Waals surface area contributed by atoms with Gasteiger partial charge >= 0.3 is 11.9 Å². The van der Waals surface area contributed by atoms with Crippen LogP contribution in [0, 0.1) is 5.92 Å². The van der Waals surface area contributed by atoms with E-state index >= 15 is 0 Å². The second-order valence-electron chi connectivity index (χ2n) is 14.0. The summed E-state index contributed by atoms with van der Waals surface area (Å²) in [6.45, 7) is 23.2. The molecule has 0 spiro atoms. The molecule has 8 heteroatoms. The van der Waals surface area contributed by atoms with Crippen LogP contribution in [0.25, 0.3) is 0 Å². The predicted octanol–water partition coefficient (Wildman–Crippen LogP) is 7.03. The molecule has 0 radical (unpaired) electrons. The number of hydrogen-bond acceptors (Lipinski definition) is 6. The highest BCUT2D eigenvalue weighted by Gasteiger charge is 2.52. The maximum atomic E-state index is 12.4. The van der Waals surface area contributed by atoms with E-state index < -0.39 is 22.7 Å². The third-order valence-corrected chi connectivity index (χ3v) is 18.4. The number of carbonyl (C=O) groups excluding carboxylic acids is 2. The lowest BCUT2D eigenvalue weighted by atomic mass is 9.95. The average Bonchev–Trinajstić information content (AvgIpc) is 2.94. The molecule has 0 saturated carbocycles. The minimum atomic E-state index is -2.97. The highest BCUT2D eigenvalue weighted by atomic mass is 28.4. The van der Waals surface area contributed by atoms with Gasteiger partial charge in [0.05, 0.1) is 19.3 Å². The molecular formula is C35H54O6Si2. The third kappa shape index (κ3) is 9.24. The Morgan fingerprint density at radius 1 is 0.791 bits per heavy atom. The summed E-state index contributed by atoms with van der Waals surface area (Å²) in [5, 5.41) is 2.04. The van der Waals surface area contributed by atoms with E-state index in [-0.39, 0.29) is 40.6 Å². The molecule has 0 heterocycles. The molecule has 0 aromatic heterocycles. The van der Waals surface area contributed by atoms with Crippen LogP contribution in [-0.4, -0.2) is 54.5 Å². The Bertz CT molecular complexity index is 1170. The highest BCUT2D eigenvalue weighted by Crippen LogP contribution is 2.41. The summed E-state index contributed by atoms with van der Waals surface area (Å²) in [5.41, 5.74) is 0.521. The van der Waals surface area contributed by atoms with Crippen molar-refractivity contribution in [3.05, 3.63) is 72.3 Å². The van der Waals surface area contributed by atoms with Gasteiger partial charge in [0.2, 0.25) is 0 Å². The lowest BCUT2D eigenvalue weighted by molar-refractivity contribution is -0.145. The molecule has 2 aromatic rings. The second-order valence-corrected chi connectivity index (χ2v) is 23.0. The van der Waals surface area contributed by atoms with Gasteiger partial charge in [0.25, 0.3) is 8.32 Å². The van der Waals surface area contributed by atoms with E-state index in [0.29, 0.717) is 12.0 Å². The summed E-state index contributed by atoms with van der Waals surface area (Å²) < 4.78 is 25.2. The first-order chi connectivity index (χ1) is 19.9. The Morgan fingerprint density at radius 2 is 1.28 bits per heavy atom.